The molecule has 0 amide bonds. The molecule has 1 atom stereocenters. The number of benzene rings is 1. The number of nitrogens with zero attached hydrogens (tertiary/aromatic N) is 2. The van der Waals surface area contributed by atoms with Crippen molar-refractivity contribution in [1.82, 2.24) is 4.98 Å². The van der Waals surface area contributed by atoms with E-state index in [2.05, 4.69) is 10.1 Å². The molecule has 5 N–H and O–H groups in total. The number of anilines is 1. The van der Waals surface area contributed by atoms with Crippen LogP contribution in [-0.4, -0.2) is 44.9 Å². The van der Waals surface area contributed by atoms with Crippen molar-refractivity contribution in [2.45, 2.75) is 25.6 Å². The van der Waals surface area contributed by atoms with Crippen LogP contribution in [0.1, 0.15) is 33.6 Å². The average molecular weight is 389 g/mol. The van der Waals surface area contributed by atoms with Gasteiger partial charge in [-0.2, -0.15) is 0 Å². The van der Waals surface area contributed by atoms with E-state index in [-0.39, 0.29) is 40.7 Å². The molecule has 1 aliphatic rings. The molecule has 2 aromatic rings. The van der Waals surface area contributed by atoms with Crippen molar-refractivity contribution in [3.05, 3.63) is 39.9 Å². The molecule has 2 heterocycles. The second-order valence-electron chi connectivity index (χ2n) is 6.23. The van der Waals surface area contributed by atoms with E-state index in [1.54, 1.807) is 13.0 Å². The number of carbonyl (C=O) groups is 2. The number of carboxylic acid groups (broad SMARTS) is 1. The van der Waals surface area contributed by atoms with Crippen molar-refractivity contribution in [2.24, 2.45) is 5.16 Å². The summed E-state index contributed by atoms with van der Waals surface area (Å²) >= 11 is 1.10. The predicted molar refractivity (Wildman–Crippen MR) is 98.7 cm³/mol. The fourth-order valence-electron chi connectivity index (χ4n) is 3.05. The highest BCUT2D eigenvalue weighted by Gasteiger charge is 2.39. The Morgan fingerprint density at radius 2 is 2.22 bits per heavy atom. The lowest BCUT2D eigenvalue weighted by Crippen LogP contribution is -2.37. The van der Waals surface area contributed by atoms with Gasteiger partial charge in [0, 0.05) is 17.6 Å². The number of aryl methyl sites for hydroxylation is 1. The number of aromatic nitrogens is 1. The number of aromatic carboxylic acids is 1. The van der Waals surface area contributed by atoms with Crippen molar-refractivity contribution >= 4 is 41.1 Å². The zero-order chi connectivity index (χ0) is 19.7. The Kier molecular flexibility index (Phi) is 5.15. The molecule has 0 fully saturated rings. The first-order valence-corrected chi connectivity index (χ1v) is 8.86. The summed E-state index contributed by atoms with van der Waals surface area (Å²) in [6.45, 7) is 1.75. The standard InChI is InChI=1S/C16H16BN3O6S/c1-7-2-8-4-9(17(24)26-14(8)10(3-7)15(22)23)5-12(21)13(20-25)11-6-27-16(18)19-11/h2-3,6,9,24-25H,4-5H2,1H3,(H2,18,19)(H,22,23)/b20-13-/t9-/m1/s1. The van der Waals surface area contributed by atoms with Crippen molar-refractivity contribution in [2.75, 3.05) is 5.73 Å². The molecule has 1 aromatic heterocycles. The molecule has 11 heteroatoms. The maximum atomic E-state index is 12.5. The third kappa shape index (κ3) is 3.78. The number of hydrogen-bond donors (Lipinski definition) is 4. The number of hydrogen-bond acceptors (Lipinski definition) is 9. The lowest BCUT2D eigenvalue weighted by molar-refractivity contribution is -0.113. The van der Waals surface area contributed by atoms with Gasteiger partial charge in [0.25, 0.3) is 0 Å². The number of ketones is 1. The highest BCUT2D eigenvalue weighted by atomic mass is 32.1. The van der Waals surface area contributed by atoms with Crippen molar-refractivity contribution in [1.29, 1.82) is 0 Å². The Hall–Kier alpha value is -2.92. The van der Waals surface area contributed by atoms with Crippen molar-refractivity contribution in [3.8, 4) is 5.75 Å². The molecule has 0 aliphatic carbocycles. The third-order valence-electron chi connectivity index (χ3n) is 4.24. The molecule has 0 bridgehead atoms. The predicted octanol–water partition coefficient (Wildman–Crippen LogP) is 1.36. The number of rotatable bonds is 5. The number of thiazole rings is 1. The van der Waals surface area contributed by atoms with Gasteiger partial charge in [-0.3, -0.25) is 4.79 Å². The van der Waals surface area contributed by atoms with Crippen LogP contribution in [0.5, 0.6) is 5.75 Å². The Bertz CT molecular complexity index is 944. The highest BCUT2D eigenvalue weighted by molar-refractivity contribution is 7.13. The van der Waals surface area contributed by atoms with Gasteiger partial charge >= 0.3 is 13.1 Å². The van der Waals surface area contributed by atoms with E-state index in [0.29, 0.717) is 5.56 Å². The van der Waals surface area contributed by atoms with E-state index in [1.807, 2.05) is 0 Å². The summed E-state index contributed by atoms with van der Waals surface area (Å²) in [6.07, 6.45) is 0.0654. The van der Waals surface area contributed by atoms with Gasteiger partial charge in [-0.15, -0.1) is 11.3 Å². The fraction of sp³-hybridized carbons (Fsp3) is 0.250. The molecule has 0 unspecified atom stereocenters. The number of carbonyl (C=O) groups excluding carboxylic acids is 1. The molecule has 0 radical (unpaired) electrons. The highest BCUT2D eigenvalue weighted by Crippen LogP contribution is 2.37. The molecule has 0 spiro atoms. The normalized spacial score (nSPS) is 16.6. The first-order valence-electron chi connectivity index (χ1n) is 7.98. The minimum absolute atomic E-state index is 0.0376. The van der Waals surface area contributed by atoms with Crippen molar-refractivity contribution < 1.29 is 29.6 Å². The molecule has 27 heavy (non-hydrogen) atoms. The van der Waals surface area contributed by atoms with E-state index in [0.717, 1.165) is 16.9 Å². The summed E-state index contributed by atoms with van der Waals surface area (Å²) in [5.41, 5.74) is 6.72. The van der Waals surface area contributed by atoms with Gasteiger partial charge in [-0.1, -0.05) is 11.2 Å². The summed E-state index contributed by atoms with van der Waals surface area (Å²) in [6, 6.07) is 3.22. The van der Waals surface area contributed by atoms with E-state index < -0.39 is 24.7 Å². The van der Waals surface area contributed by atoms with Crippen LogP contribution >= 0.6 is 11.3 Å². The molecular formula is C16H16BN3O6S. The molecule has 1 aromatic carbocycles. The van der Waals surface area contributed by atoms with Gasteiger partial charge in [-0.25, -0.2) is 9.78 Å². The molecule has 140 valence electrons. The van der Waals surface area contributed by atoms with E-state index in [9.17, 15) is 24.9 Å². The number of fused-ring (bicyclic) bond motifs is 1. The van der Waals surface area contributed by atoms with Gasteiger partial charge in [0.2, 0.25) is 0 Å². The van der Waals surface area contributed by atoms with Crippen LogP contribution in [0.15, 0.2) is 22.7 Å². The van der Waals surface area contributed by atoms with Gasteiger partial charge in [0.15, 0.2) is 16.6 Å². The number of carboxylic acids is 1. The first kappa shape index (κ1) is 18.9. The average Bonchev–Trinajstić information content (AvgIpc) is 3.02. The van der Waals surface area contributed by atoms with Crippen LogP contribution in [0.4, 0.5) is 5.13 Å². The van der Waals surface area contributed by atoms with E-state index >= 15 is 0 Å². The SMILES string of the molecule is Cc1cc2c(c(C(=O)O)c1)OB(O)[C@@H](CC(=O)/C(=N\O)c1csc(N)n1)C2. The van der Waals surface area contributed by atoms with Crippen LogP contribution in [0.25, 0.3) is 0 Å². The van der Waals surface area contributed by atoms with E-state index in [4.69, 9.17) is 10.4 Å². The summed E-state index contributed by atoms with van der Waals surface area (Å²) in [5, 5.41) is 33.5. The summed E-state index contributed by atoms with van der Waals surface area (Å²) < 4.78 is 5.40. The summed E-state index contributed by atoms with van der Waals surface area (Å²) in [4.78, 5) is 27.8. The fourth-order valence-corrected chi connectivity index (χ4v) is 3.60. The number of nitrogens with two attached hydrogens (primary N) is 1. The summed E-state index contributed by atoms with van der Waals surface area (Å²) in [7, 11) is -1.37. The van der Waals surface area contributed by atoms with E-state index in [1.165, 1.54) is 11.4 Å². The monoisotopic (exact) mass is 389 g/mol. The molecular weight excluding hydrogens is 373 g/mol. The largest absolute Gasteiger partial charge is 0.535 e. The number of Topliss-reactive ketones (excluding diaryl/α,β-unsaturated/α-hetero) is 1. The minimum atomic E-state index is -1.37. The Labute approximate surface area is 158 Å². The molecule has 0 saturated carbocycles. The quantitative estimate of drug-likeness (QED) is 0.259. The smallest absolute Gasteiger partial charge is 0.526 e. The zero-order valence-corrected chi connectivity index (χ0v) is 15.1. The van der Waals surface area contributed by atoms with Crippen LogP contribution in [0.2, 0.25) is 5.82 Å². The Balaban J connectivity index is 1.83. The Morgan fingerprint density at radius 1 is 1.48 bits per heavy atom. The topological polar surface area (TPSA) is 155 Å². The lowest BCUT2D eigenvalue weighted by atomic mass is 9.64. The molecule has 3 rings (SSSR count). The van der Waals surface area contributed by atoms with Gasteiger partial charge in [0.05, 0.1) is 0 Å². The maximum absolute atomic E-state index is 12.5. The van der Waals surface area contributed by atoms with Crippen LogP contribution in [-0.2, 0) is 11.2 Å². The second-order valence-corrected chi connectivity index (χ2v) is 7.12. The van der Waals surface area contributed by atoms with Crippen LogP contribution < -0.4 is 10.4 Å². The van der Waals surface area contributed by atoms with Gasteiger partial charge in [-0.05, 0) is 30.5 Å². The summed E-state index contributed by atoms with van der Waals surface area (Å²) in [5.74, 6) is -2.23. The maximum Gasteiger partial charge on any atom is 0.526 e. The minimum Gasteiger partial charge on any atom is -0.535 e. The zero-order valence-electron chi connectivity index (χ0n) is 14.2. The molecule has 0 saturated heterocycles. The van der Waals surface area contributed by atoms with Gasteiger partial charge in [0.1, 0.15) is 17.0 Å². The van der Waals surface area contributed by atoms with Crippen LogP contribution in [0.3, 0.4) is 0 Å². The number of oxime groups is 1. The molecule has 1 aliphatic heterocycles. The van der Waals surface area contributed by atoms with Crippen LogP contribution in [0, 0.1) is 6.92 Å². The first-order chi connectivity index (χ1) is 12.8. The second kappa shape index (κ2) is 7.37. The van der Waals surface area contributed by atoms with Gasteiger partial charge < -0.3 is 25.7 Å². The number of nitrogen functional groups attached to an aromatic ring is 1. The lowest BCUT2D eigenvalue weighted by Gasteiger charge is -2.28. The van der Waals surface area contributed by atoms with Crippen molar-refractivity contribution in [3.63, 3.8) is 0 Å². The Morgan fingerprint density at radius 3 is 2.81 bits per heavy atom. The third-order valence-corrected chi connectivity index (χ3v) is 4.91. The molecule has 9 nitrogen and oxygen atoms in total.